The number of hydrogen-bond donors (Lipinski definition) is 0. The molecule has 0 saturated heterocycles. The third kappa shape index (κ3) is 3.17. The summed E-state index contributed by atoms with van der Waals surface area (Å²) in [5.41, 5.74) is 2.59. The molecule has 1 atom stereocenters. The van der Waals surface area contributed by atoms with Crippen LogP contribution in [0.15, 0.2) is 89.8 Å². The lowest BCUT2D eigenvalue weighted by Crippen LogP contribution is -2.31. The highest BCUT2D eigenvalue weighted by atomic mass is 32.2. The molecule has 0 saturated carbocycles. The average molecular weight is 404 g/mol. The van der Waals surface area contributed by atoms with Crippen molar-refractivity contribution in [3.05, 3.63) is 107 Å². The fraction of sp³-hybridized carbons (Fsp3) is 0.125. The summed E-state index contributed by atoms with van der Waals surface area (Å²) in [6, 6.07) is 22.7. The minimum absolute atomic E-state index is 0.212. The van der Waals surface area contributed by atoms with E-state index in [1.807, 2.05) is 13.0 Å². The van der Waals surface area contributed by atoms with E-state index in [0.29, 0.717) is 16.7 Å². The maximum absolute atomic E-state index is 13.8. The van der Waals surface area contributed by atoms with Gasteiger partial charge in [-0.1, -0.05) is 66.2 Å². The summed E-state index contributed by atoms with van der Waals surface area (Å²) in [4.78, 5) is 12.5. The molecule has 29 heavy (non-hydrogen) atoms. The van der Waals surface area contributed by atoms with Gasteiger partial charge in [0, 0.05) is 5.56 Å². The summed E-state index contributed by atoms with van der Waals surface area (Å²) in [7, 11) is -3.85. The first-order chi connectivity index (χ1) is 13.8. The zero-order valence-electron chi connectivity index (χ0n) is 16.1. The van der Waals surface area contributed by atoms with E-state index in [1.165, 1.54) is 0 Å². The van der Waals surface area contributed by atoms with Gasteiger partial charge in [-0.2, -0.15) is 0 Å². The summed E-state index contributed by atoms with van der Waals surface area (Å²) in [5, 5.41) is 0. The van der Waals surface area contributed by atoms with Crippen molar-refractivity contribution in [2.75, 3.05) is 0 Å². The third-order valence-electron chi connectivity index (χ3n) is 5.26. The molecule has 4 rings (SSSR count). The van der Waals surface area contributed by atoms with Crippen LogP contribution in [-0.4, -0.2) is 14.4 Å². The van der Waals surface area contributed by atoms with Crippen molar-refractivity contribution in [2.45, 2.75) is 23.5 Å². The van der Waals surface area contributed by atoms with Gasteiger partial charge in [0.05, 0.1) is 10.5 Å². The van der Waals surface area contributed by atoms with E-state index >= 15 is 0 Å². The molecule has 1 aliphatic rings. The van der Waals surface area contributed by atoms with Gasteiger partial charge in [0.15, 0.2) is 9.84 Å². The number of carbonyl (C=O) groups excluding carboxylic acids is 1. The second kappa shape index (κ2) is 7.01. The lowest BCUT2D eigenvalue weighted by atomic mass is 9.97. The molecular weight excluding hydrogens is 384 g/mol. The lowest BCUT2D eigenvalue weighted by Gasteiger charge is -2.27. The molecule has 0 amide bonds. The molecule has 0 spiro atoms. The van der Waals surface area contributed by atoms with Crippen molar-refractivity contribution in [1.82, 2.24) is 0 Å². The molecule has 4 nitrogen and oxygen atoms in total. The first-order valence-electron chi connectivity index (χ1n) is 9.24. The van der Waals surface area contributed by atoms with Gasteiger partial charge in [0.25, 0.3) is 0 Å². The Morgan fingerprint density at radius 1 is 0.828 bits per heavy atom. The number of ether oxygens (including phenoxy) is 1. The lowest BCUT2D eigenvalue weighted by molar-refractivity contribution is 0.0715. The summed E-state index contributed by atoms with van der Waals surface area (Å²) in [6.45, 7) is 3.54. The number of fused-ring (bicyclic) bond motifs is 1. The van der Waals surface area contributed by atoms with Gasteiger partial charge in [0.2, 0.25) is 0 Å². The average Bonchev–Trinajstić information content (AvgIpc) is 3.04. The Kier molecular flexibility index (Phi) is 4.63. The first kappa shape index (κ1) is 19.2. The minimum Gasteiger partial charge on any atom is -0.423 e. The Morgan fingerprint density at radius 3 is 2.07 bits per heavy atom. The Balaban J connectivity index is 1.94. The number of rotatable bonds is 4. The summed E-state index contributed by atoms with van der Waals surface area (Å²) in [6.07, 6.45) is 1.54. The highest BCUT2D eigenvalue weighted by molar-refractivity contribution is 7.92. The number of aryl methyl sites for hydroxylation is 1. The van der Waals surface area contributed by atoms with Gasteiger partial charge >= 0.3 is 5.97 Å². The Morgan fingerprint density at radius 2 is 1.41 bits per heavy atom. The van der Waals surface area contributed by atoms with E-state index in [4.69, 9.17) is 4.74 Å². The Bertz CT molecular complexity index is 1210. The summed E-state index contributed by atoms with van der Waals surface area (Å²) in [5.74, 6) is -0.220. The Labute approximate surface area is 170 Å². The number of carbonyl (C=O) groups is 1. The Hall–Kier alpha value is -3.18. The maximum atomic E-state index is 13.8. The van der Waals surface area contributed by atoms with E-state index in [2.05, 4.69) is 0 Å². The quantitative estimate of drug-likeness (QED) is 0.581. The molecule has 0 bridgehead atoms. The molecular formula is C24H20O4S. The van der Waals surface area contributed by atoms with Gasteiger partial charge in [-0.15, -0.1) is 0 Å². The molecule has 0 aromatic heterocycles. The number of benzene rings is 3. The van der Waals surface area contributed by atoms with Gasteiger partial charge in [-0.05, 0) is 43.7 Å². The molecule has 0 aliphatic carbocycles. The van der Waals surface area contributed by atoms with Crippen LogP contribution in [0.5, 0.6) is 0 Å². The van der Waals surface area contributed by atoms with Crippen molar-refractivity contribution < 1.29 is 17.9 Å². The van der Waals surface area contributed by atoms with Crippen LogP contribution in [0.4, 0.5) is 0 Å². The van der Waals surface area contributed by atoms with Crippen LogP contribution in [0.3, 0.4) is 0 Å². The van der Waals surface area contributed by atoms with Gasteiger partial charge in [-0.3, -0.25) is 0 Å². The number of cyclic esters (lactones) is 1. The van der Waals surface area contributed by atoms with Crippen LogP contribution < -0.4 is 0 Å². The van der Waals surface area contributed by atoms with Crippen LogP contribution >= 0.6 is 0 Å². The fourth-order valence-electron chi connectivity index (χ4n) is 3.49. The molecule has 1 aliphatic heterocycles. The van der Waals surface area contributed by atoms with E-state index in [0.717, 1.165) is 5.56 Å². The monoisotopic (exact) mass is 404 g/mol. The molecule has 146 valence electrons. The number of esters is 1. The van der Waals surface area contributed by atoms with E-state index in [9.17, 15) is 13.2 Å². The number of sulfone groups is 1. The van der Waals surface area contributed by atoms with E-state index in [-0.39, 0.29) is 10.7 Å². The van der Waals surface area contributed by atoms with Gasteiger partial charge in [0.1, 0.15) is 10.5 Å². The largest absolute Gasteiger partial charge is 0.423 e. The van der Waals surface area contributed by atoms with Crippen molar-refractivity contribution in [1.29, 1.82) is 0 Å². The molecule has 0 fully saturated rings. The van der Waals surface area contributed by atoms with Crippen LogP contribution in [0.2, 0.25) is 0 Å². The molecule has 3 aromatic rings. The standard InChI is InChI=1S/C24H20O4S/c1-17-12-14-19(15-13-17)29(26,27)24(2,18-8-4-3-5-9-18)16-22-20-10-6-7-11-21(20)23(25)28-22/h3-16H,1-2H3/b22-16-/t24-/m0/s1. The van der Waals surface area contributed by atoms with Crippen LogP contribution in [0.1, 0.15) is 34.0 Å². The van der Waals surface area contributed by atoms with E-state index in [1.54, 1.807) is 85.8 Å². The summed E-state index contributed by atoms with van der Waals surface area (Å²) < 4.78 is 31.5. The molecule has 0 radical (unpaired) electrons. The molecule has 5 heteroatoms. The summed E-state index contributed by atoms with van der Waals surface area (Å²) >= 11 is 0. The number of hydrogen-bond acceptors (Lipinski definition) is 4. The topological polar surface area (TPSA) is 60.4 Å². The smallest absolute Gasteiger partial charge is 0.344 e. The normalized spacial score (nSPS) is 16.9. The van der Waals surface area contributed by atoms with Crippen molar-refractivity contribution >= 4 is 21.6 Å². The van der Waals surface area contributed by atoms with Gasteiger partial charge < -0.3 is 4.74 Å². The molecule has 3 aromatic carbocycles. The predicted octanol–water partition coefficient (Wildman–Crippen LogP) is 4.90. The minimum atomic E-state index is -3.85. The molecule has 1 heterocycles. The SMILES string of the molecule is Cc1ccc(S(=O)(=O)[C@@](C)(/C=C2\OC(=O)c3ccccc32)c2ccccc2)cc1. The fourth-order valence-corrected chi connectivity index (χ4v) is 5.18. The molecule has 0 N–H and O–H groups in total. The zero-order valence-corrected chi connectivity index (χ0v) is 16.9. The zero-order chi connectivity index (χ0) is 20.6. The maximum Gasteiger partial charge on any atom is 0.344 e. The van der Waals surface area contributed by atoms with Crippen molar-refractivity contribution in [2.24, 2.45) is 0 Å². The highest BCUT2D eigenvalue weighted by Crippen LogP contribution is 2.41. The predicted molar refractivity (Wildman–Crippen MR) is 112 cm³/mol. The van der Waals surface area contributed by atoms with Crippen LogP contribution in [0, 0.1) is 6.92 Å². The van der Waals surface area contributed by atoms with Crippen molar-refractivity contribution in [3.63, 3.8) is 0 Å². The van der Waals surface area contributed by atoms with E-state index < -0.39 is 20.6 Å². The van der Waals surface area contributed by atoms with Crippen molar-refractivity contribution in [3.8, 4) is 0 Å². The first-order valence-corrected chi connectivity index (χ1v) is 10.7. The third-order valence-corrected chi connectivity index (χ3v) is 7.62. The van der Waals surface area contributed by atoms with Gasteiger partial charge in [-0.25, -0.2) is 13.2 Å². The molecule has 0 unspecified atom stereocenters. The van der Waals surface area contributed by atoms with Crippen LogP contribution in [0.25, 0.3) is 5.76 Å². The van der Waals surface area contributed by atoms with Crippen LogP contribution in [-0.2, 0) is 19.3 Å². The second-order valence-electron chi connectivity index (χ2n) is 7.23. The second-order valence-corrected chi connectivity index (χ2v) is 9.56. The highest BCUT2D eigenvalue weighted by Gasteiger charge is 2.42.